The molecule has 4 rings (SSSR count). The molecular formula is C27H28N2O4S. The number of ether oxygens (including phenoxy) is 1. The van der Waals surface area contributed by atoms with Crippen LogP contribution < -0.4 is 5.32 Å². The number of carbonyl (C=O) groups is 3. The number of nitrogens with zero attached hydrogens (tertiary/aromatic N) is 1. The fraction of sp³-hybridized carbons (Fsp3) is 0.296. The smallest absolute Gasteiger partial charge is 0.311 e. The van der Waals surface area contributed by atoms with E-state index in [0.29, 0.717) is 35.5 Å². The average Bonchev–Trinajstić information content (AvgIpc) is 3.40. The first-order valence-corrected chi connectivity index (χ1v) is 12.3. The molecular weight excluding hydrogens is 448 g/mol. The van der Waals surface area contributed by atoms with E-state index in [1.165, 1.54) is 11.3 Å². The summed E-state index contributed by atoms with van der Waals surface area (Å²) < 4.78 is 5.81. The van der Waals surface area contributed by atoms with Gasteiger partial charge in [-0.15, -0.1) is 11.3 Å². The van der Waals surface area contributed by atoms with Gasteiger partial charge in [0, 0.05) is 24.3 Å². The highest BCUT2D eigenvalue weighted by Gasteiger charge is 2.34. The molecule has 1 aliphatic heterocycles. The van der Waals surface area contributed by atoms with E-state index >= 15 is 0 Å². The van der Waals surface area contributed by atoms with Crippen LogP contribution in [0.1, 0.15) is 45.3 Å². The van der Waals surface area contributed by atoms with Crippen molar-refractivity contribution in [2.75, 3.05) is 18.4 Å². The maximum absolute atomic E-state index is 13.3. The number of nitrogens with one attached hydrogen (secondary N) is 1. The lowest BCUT2D eigenvalue weighted by Crippen LogP contribution is -2.43. The number of benzene rings is 2. The molecule has 7 heteroatoms. The maximum atomic E-state index is 13.3. The fourth-order valence-corrected chi connectivity index (χ4v) is 4.78. The van der Waals surface area contributed by atoms with Crippen molar-refractivity contribution in [1.29, 1.82) is 0 Å². The third-order valence-electron chi connectivity index (χ3n) is 6.00. The van der Waals surface area contributed by atoms with Crippen molar-refractivity contribution in [2.24, 2.45) is 5.92 Å². The predicted octanol–water partition coefficient (Wildman–Crippen LogP) is 5.14. The molecule has 2 aromatic carbocycles. The van der Waals surface area contributed by atoms with Gasteiger partial charge in [-0.05, 0) is 55.3 Å². The largest absolute Gasteiger partial charge is 0.447 e. The number of aryl methyl sites for hydroxylation is 2. The van der Waals surface area contributed by atoms with Crippen LogP contribution in [0.5, 0.6) is 0 Å². The van der Waals surface area contributed by atoms with Crippen LogP contribution in [0.25, 0.3) is 0 Å². The normalized spacial score (nSPS) is 16.5. The Balaban J connectivity index is 1.50. The van der Waals surface area contributed by atoms with Crippen molar-refractivity contribution in [1.82, 2.24) is 4.90 Å². The first kappa shape index (κ1) is 23.7. The van der Waals surface area contributed by atoms with Gasteiger partial charge < -0.3 is 15.0 Å². The monoisotopic (exact) mass is 476 g/mol. The molecule has 1 saturated heterocycles. The Morgan fingerprint density at radius 1 is 1.06 bits per heavy atom. The van der Waals surface area contributed by atoms with E-state index in [0.717, 1.165) is 11.1 Å². The molecule has 0 aliphatic carbocycles. The van der Waals surface area contributed by atoms with Crippen LogP contribution in [0, 0.1) is 19.8 Å². The number of hydrogen-bond donors (Lipinski definition) is 1. The third-order valence-corrected chi connectivity index (χ3v) is 6.86. The van der Waals surface area contributed by atoms with Gasteiger partial charge in [0.15, 0.2) is 0 Å². The highest BCUT2D eigenvalue weighted by molar-refractivity contribution is 7.12. The minimum Gasteiger partial charge on any atom is -0.447 e. The van der Waals surface area contributed by atoms with Crippen molar-refractivity contribution >= 4 is 34.8 Å². The second kappa shape index (κ2) is 10.7. The van der Waals surface area contributed by atoms with Gasteiger partial charge >= 0.3 is 5.97 Å². The molecule has 2 amide bonds. The van der Waals surface area contributed by atoms with E-state index in [-0.39, 0.29) is 12.5 Å². The zero-order valence-electron chi connectivity index (χ0n) is 19.3. The highest BCUT2D eigenvalue weighted by atomic mass is 32.1. The van der Waals surface area contributed by atoms with E-state index in [1.807, 2.05) is 61.7 Å². The topological polar surface area (TPSA) is 75.7 Å². The van der Waals surface area contributed by atoms with Crippen LogP contribution in [0.15, 0.2) is 66.0 Å². The van der Waals surface area contributed by atoms with Gasteiger partial charge in [0.05, 0.1) is 10.8 Å². The van der Waals surface area contributed by atoms with Gasteiger partial charge in [-0.3, -0.25) is 14.4 Å². The Bertz CT molecular complexity index is 1160. The van der Waals surface area contributed by atoms with Crippen molar-refractivity contribution in [3.8, 4) is 0 Å². The number of rotatable bonds is 6. The van der Waals surface area contributed by atoms with Crippen molar-refractivity contribution in [2.45, 2.75) is 32.8 Å². The molecule has 1 aromatic heterocycles. The summed E-state index contributed by atoms with van der Waals surface area (Å²) in [6, 6.07) is 18.5. The zero-order valence-corrected chi connectivity index (χ0v) is 20.1. The molecule has 1 aliphatic rings. The number of piperidine rings is 1. The van der Waals surface area contributed by atoms with Gasteiger partial charge in [0.25, 0.3) is 11.8 Å². The Labute approximate surface area is 203 Å². The van der Waals surface area contributed by atoms with Gasteiger partial charge in [0.1, 0.15) is 0 Å². The van der Waals surface area contributed by atoms with Gasteiger partial charge in [-0.25, -0.2) is 0 Å². The molecule has 176 valence electrons. The van der Waals surface area contributed by atoms with Crippen molar-refractivity contribution in [3.05, 3.63) is 87.6 Å². The summed E-state index contributed by atoms with van der Waals surface area (Å²) in [5.41, 5.74) is 3.23. The quantitative estimate of drug-likeness (QED) is 0.500. The van der Waals surface area contributed by atoms with Gasteiger partial charge in [0.2, 0.25) is 6.10 Å². The van der Waals surface area contributed by atoms with Gasteiger partial charge in [-0.1, -0.05) is 48.5 Å². The second-order valence-corrected chi connectivity index (χ2v) is 9.55. The number of esters is 1. The van der Waals surface area contributed by atoms with Crippen LogP contribution >= 0.6 is 11.3 Å². The Morgan fingerprint density at radius 2 is 1.85 bits per heavy atom. The molecule has 0 bridgehead atoms. The number of hydrogen-bond acceptors (Lipinski definition) is 5. The van der Waals surface area contributed by atoms with Crippen LogP contribution in [0.2, 0.25) is 0 Å². The minimum absolute atomic E-state index is 0.0697. The predicted molar refractivity (Wildman–Crippen MR) is 133 cm³/mol. The highest BCUT2D eigenvalue weighted by Crippen LogP contribution is 2.27. The molecule has 1 N–H and O–H groups in total. The Morgan fingerprint density at radius 3 is 2.59 bits per heavy atom. The summed E-state index contributed by atoms with van der Waals surface area (Å²) >= 11 is 1.39. The average molecular weight is 477 g/mol. The molecule has 2 unspecified atom stereocenters. The molecule has 6 nitrogen and oxygen atoms in total. The summed E-state index contributed by atoms with van der Waals surface area (Å²) in [6.07, 6.45) is 0.242. The summed E-state index contributed by atoms with van der Waals surface area (Å²) in [5, 5.41) is 4.79. The van der Waals surface area contributed by atoms with Crippen LogP contribution in [0.3, 0.4) is 0 Å². The second-order valence-electron chi connectivity index (χ2n) is 8.60. The lowest BCUT2D eigenvalue weighted by Gasteiger charge is -2.32. The molecule has 34 heavy (non-hydrogen) atoms. The van der Waals surface area contributed by atoms with Gasteiger partial charge in [-0.2, -0.15) is 0 Å². The fourth-order valence-electron chi connectivity index (χ4n) is 4.09. The van der Waals surface area contributed by atoms with E-state index in [9.17, 15) is 14.4 Å². The number of amides is 2. The number of anilines is 1. The Hall–Kier alpha value is -3.45. The van der Waals surface area contributed by atoms with Crippen LogP contribution in [-0.4, -0.2) is 35.8 Å². The summed E-state index contributed by atoms with van der Waals surface area (Å²) in [7, 11) is 0. The first-order chi connectivity index (χ1) is 16.4. The van der Waals surface area contributed by atoms with Crippen LogP contribution in [-0.2, 0) is 14.3 Å². The first-order valence-electron chi connectivity index (χ1n) is 11.4. The summed E-state index contributed by atoms with van der Waals surface area (Å²) in [5.74, 6) is -1.42. The number of thiophene rings is 1. The minimum atomic E-state index is -1.09. The molecule has 2 heterocycles. The third kappa shape index (κ3) is 5.54. The zero-order chi connectivity index (χ0) is 24.1. The van der Waals surface area contributed by atoms with Crippen molar-refractivity contribution < 1.29 is 19.1 Å². The van der Waals surface area contributed by atoms with E-state index in [2.05, 4.69) is 5.32 Å². The molecule has 0 radical (unpaired) electrons. The summed E-state index contributed by atoms with van der Waals surface area (Å²) in [6.45, 7) is 4.77. The van der Waals surface area contributed by atoms with E-state index in [4.69, 9.17) is 4.74 Å². The standard InChI is InChI=1S/C27H28N2O4S/c1-18-12-13-19(2)22(16-18)28-25(30)24(20-8-4-3-5-9-20)33-27(32)21-10-6-14-29(17-21)26(31)23-11-7-15-34-23/h3-5,7-9,11-13,15-16,21,24H,6,10,14,17H2,1-2H3,(H,28,30). The molecule has 2 atom stereocenters. The number of likely N-dealkylation sites (tertiary alicyclic amines) is 1. The van der Waals surface area contributed by atoms with E-state index in [1.54, 1.807) is 23.1 Å². The maximum Gasteiger partial charge on any atom is 0.311 e. The Kier molecular flexibility index (Phi) is 7.43. The SMILES string of the molecule is Cc1ccc(C)c(NC(=O)C(OC(=O)C2CCCN(C(=O)c3cccs3)C2)c2ccccc2)c1. The van der Waals surface area contributed by atoms with Crippen molar-refractivity contribution in [3.63, 3.8) is 0 Å². The molecule has 0 saturated carbocycles. The molecule has 1 fully saturated rings. The van der Waals surface area contributed by atoms with E-state index < -0.39 is 23.9 Å². The number of carbonyl (C=O) groups excluding carboxylic acids is 3. The molecule has 0 spiro atoms. The van der Waals surface area contributed by atoms with Crippen LogP contribution in [0.4, 0.5) is 5.69 Å². The lowest BCUT2D eigenvalue weighted by atomic mass is 9.97. The lowest BCUT2D eigenvalue weighted by molar-refractivity contribution is -0.160. The summed E-state index contributed by atoms with van der Waals surface area (Å²) in [4.78, 5) is 41.6. The molecule has 3 aromatic rings.